The molecule has 0 spiro atoms. The van der Waals surface area contributed by atoms with E-state index in [0.717, 1.165) is 105 Å². The smallest absolute Gasteiger partial charge is 0.338 e. The van der Waals surface area contributed by atoms with Crippen LogP contribution in [0.4, 0.5) is 0 Å². The highest BCUT2D eigenvalue weighted by Crippen LogP contribution is 2.34. The zero-order valence-corrected chi connectivity index (χ0v) is 25.7. The minimum atomic E-state index is -0.301. The lowest BCUT2D eigenvalue weighted by Gasteiger charge is -2.22. The summed E-state index contributed by atoms with van der Waals surface area (Å²) in [5.74, 6) is 0.140. The van der Waals surface area contributed by atoms with Crippen LogP contribution in [-0.4, -0.2) is 27.8 Å². The second kappa shape index (κ2) is 13.6. The maximum atomic E-state index is 14.1. The number of rotatable bonds is 9. The second-order valence-electron chi connectivity index (χ2n) is 13.2. The molecule has 2 aromatic carbocycles. The largest absolute Gasteiger partial charge is 0.341 e. The molecule has 0 bridgehead atoms. The van der Waals surface area contributed by atoms with Gasteiger partial charge in [-0.3, -0.25) is 9.59 Å². The van der Waals surface area contributed by atoms with Gasteiger partial charge in [0.05, 0.1) is 5.92 Å². The van der Waals surface area contributed by atoms with E-state index in [9.17, 15) is 14.4 Å². The molecule has 3 saturated carbocycles. The van der Waals surface area contributed by atoms with Gasteiger partial charge in [-0.25, -0.2) is 4.79 Å². The molecule has 3 aromatic rings. The van der Waals surface area contributed by atoms with Gasteiger partial charge in [0.25, 0.3) is 0 Å². The first-order valence-electron chi connectivity index (χ1n) is 17.0. The number of carbonyl (C=O) groups is 3. The number of hydrogen-bond donors (Lipinski definition) is 0. The maximum Gasteiger partial charge on any atom is 0.338 e. The van der Waals surface area contributed by atoms with Gasteiger partial charge in [0.1, 0.15) is 5.71 Å². The topological polar surface area (TPSA) is 77.7 Å². The van der Waals surface area contributed by atoms with Crippen LogP contribution in [-0.2, 0) is 16.2 Å². The molecule has 0 saturated heterocycles. The van der Waals surface area contributed by atoms with Gasteiger partial charge >= 0.3 is 5.97 Å². The Kier molecular flexibility index (Phi) is 9.40. The fourth-order valence-corrected chi connectivity index (χ4v) is 7.86. The van der Waals surface area contributed by atoms with E-state index < -0.39 is 0 Å². The highest BCUT2D eigenvalue weighted by atomic mass is 16.7. The lowest BCUT2D eigenvalue weighted by Crippen LogP contribution is -2.23. The summed E-state index contributed by atoms with van der Waals surface area (Å²) in [6.07, 6.45) is 16.6. The van der Waals surface area contributed by atoms with Crippen molar-refractivity contribution < 1.29 is 19.2 Å². The summed E-state index contributed by atoms with van der Waals surface area (Å²) in [7, 11) is 0. The molecule has 0 amide bonds. The Morgan fingerprint density at radius 3 is 1.86 bits per heavy atom. The Morgan fingerprint density at radius 2 is 1.26 bits per heavy atom. The molecule has 6 heteroatoms. The van der Waals surface area contributed by atoms with Gasteiger partial charge < -0.3 is 9.40 Å². The highest BCUT2D eigenvalue weighted by molar-refractivity contribution is 6.46. The van der Waals surface area contributed by atoms with Crippen LogP contribution in [0.3, 0.4) is 0 Å². The lowest BCUT2D eigenvalue weighted by molar-refractivity contribution is -0.149. The Hall–Kier alpha value is -3.28. The molecule has 0 aliphatic heterocycles. The quantitative estimate of drug-likeness (QED) is 0.109. The summed E-state index contributed by atoms with van der Waals surface area (Å²) < 4.78 is 2.25. The van der Waals surface area contributed by atoms with Crippen molar-refractivity contribution in [3.05, 3.63) is 47.5 Å². The summed E-state index contributed by atoms with van der Waals surface area (Å²) in [5, 5.41) is 6.26. The number of benzene rings is 2. The Bertz CT molecular complexity index is 1510. The van der Waals surface area contributed by atoms with E-state index >= 15 is 0 Å². The molecule has 3 fully saturated rings. The van der Waals surface area contributed by atoms with Crippen molar-refractivity contribution in [3.8, 4) is 0 Å². The van der Waals surface area contributed by atoms with Crippen molar-refractivity contribution in [1.82, 2.24) is 4.57 Å². The maximum absolute atomic E-state index is 14.1. The van der Waals surface area contributed by atoms with Gasteiger partial charge in [-0.2, -0.15) is 0 Å². The summed E-state index contributed by atoms with van der Waals surface area (Å²) in [6.45, 7) is 2.91. The van der Waals surface area contributed by atoms with Gasteiger partial charge in [-0.1, -0.05) is 75.8 Å². The number of fused-ring (bicyclic) bond motifs is 3. The molecule has 0 N–H and O–H groups in total. The molecular formula is C37H46N2O4. The standard InChI is InChI=1S/C37H46N2O4/c1-2-39-33-20-18-28(35(40)26-14-8-4-9-15-26)23-30(33)31-24-29(19-21-34(31)39)36(41)32(22-25-12-6-3-7-13-25)38-43-37(42)27-16-10-5-11-17-27/h18-21,23-27H,2-17,22H2,1H3. The first-order chi connectivity index (χ1) is 21.0. The summed E-state index contributed by atoms with van der Waals surface area (Å²) >= 11 is 0. The van der Waals surface area contributed by atoms with Gasteiger partial charge in [0.2, 0.25) is 5.78 Å². The van der Waals surface area contributed by atoms with Crippen molar-refractivity contribution >= 4 is 45.1 Å². The van der Waals surface area contributed by atoms with E-state index in [2.05, 4.69) is 22.7 Å². The van der Waals surface area contributed by atoms with Gasteiger partial charge in [0, 0.05) is 45.4 Å². The molecule has 43 heavy (non-hydrogen) atoms. The molecule has 1 aromatic heterocycles. The van der Waals surface area contributed by atoms with Crippen molar-refractivity contribution in [1.29, 1.82) is 0 Å². The predicted molar refractivity (Wildman–Crippen MR) is 172 cm³/mol. The molecule has 1 heterocycles. The SMILES string of the molecule is CCn1c2ccc(C(=O)C(CC3CCCCC3)=NOC(=O)C3CCCCC3)cc2c2cc(C(=O)C3CCCCC3)ccc21. The molecule has 3 aliphatic carbocycles. The number of aromatic nitrogens is 1. The van der Waals surface area contributed by atoms with E-state index in [1.54, 1.807) is 0 Å². The fourth-order valence-electron chi connectivity index (χ4n) is 7.86. The summed E-state index contributed by atoms with van der Waals surface area (Å²) in [4.78, 5) is 45.8. The predicted octanol–water partition coefficient (Wildman–Crippen LogP) is 9.21. The second-order valence-corrected chi connectivity index (χ2v) is 13.2. The number of nitrogens with zero attached hydrogens (tertiary/aromatic N) is 2. The number of oxime groups is 1. The average Bonchev–Trinajstić information content (AvgIpc) is 3.39. The van der Waals surface area contributed by atoms with Crippen molar-refractivity contribution in [2.45, 2.75) is 116 Å². The normalized spacial score (nSPS) is 19.6. The summed E-state index contributed by atoms with van der Waals surface area (Å²) in [5.41, 5.74) is 3.78. The minimum absolute atomic E-state index is 0.109. The average molecular weight is 583 g/mol. The minimum Gasteiger partial charge on any atom is -0.341 e. The van der Waals surface area contributed by atoms with Crippen LogP contribution >= 0.6 is 0 Å². The molecule has 3 aliphatic rings. The van der Waals surface area contributed by atoms with E-state index in [4.69, 9.17) is 4.84 Å². The van der Waals surface area contributed by atoms with Crippen LogP contribution < -0.4 is 0 Å². The molecule has 0 unspecified atom stereocenters. The van der Waals surface area contributed by atoms with Crippen molar-refractivity contribution in [2.75, 3.05) is 0 Å². The number of hydrogen-bond acceptors (Lipinski definition) is 5. The Balaban J connectivity index is 1.33. The Morgan fingerprint density at radius 1 is 0.721 bits per heavy atom. The van der Waals surface area contributed by atoms with Crippen molar-refractivity contribution in [3.63, 3.8) is 0 Å². The molecule has 6 nitrogen and oxygen atoms in total. The number of aryl methyl sites for hydroxylation is 1. The summed E-state index contributed by atoms with van der Waals surface area (Å²) in [6, 6.07) is 11.9. The number of carbonyl (C=O) groups excluding carboxylic acids is 3. The van der Waals surface area contributed by atoms with Crippen LogP contribution in [0.25, 0.3) is 21.8 Å². The lowest BCUT2D eigenvalue weighted by atomic mass is 9.83. The molecular weight excluding hydrogens is 536 g/mol. The van der Waals surface area contributed by atoms with Crippen LogP contribution in [0.15, 0.2) is 41.6 Å². The zero-order chi connectivity index (χ0) is 29.8. The van der Waals surface area contributed by atoms with Gasteiger partial charge in [-0.15, -0.1) is 0 Å². The third kappa shape index (κ3) is 6.49. The fraction of sp³-hybridized carbons (Fsp3) is 0.568. The highest BCUT2D eigenvalue weighted by Gasteiger charge is 2.27. The first kappa shape index (κ1) is 29.8. The van der Waals surface area contributed by atoms with Crippen LogP contribution in [0, 0.1) is 17.8 Å². The number of ketones is 2. The molecule has 0 atom stereocenters. The monoisotopic (exact) mass is 582 g/mol. The van der Waals surface area contributed by atoms with E-state index in [1.165, 1.54) is 25.7 Å². The Labute approximate surface area is 255 Å². The third-order valence-corrected chi connectivity index (χ3v) is 10.4. The number of Topliss-reactive ketones (excluding diaryl/α,β-unsaturated/α-hetero) is 2. The van der Waals surface area contributed by atoms with Crippen LogP contribution in [0.1, 0.15) is 130 Å². The van der Waals surface area contributed by atoms with Gasteiger partial charge in [0.15, 0.2) is 5.78 Å². The molecule has 6 rings (SSSR count). The molecule has 0 radical (unpaired) electrons. The molecule has 228 valence electrons. The zero-order valence-electron chi connectivity index (χ0n) is 25.7. The first-order valence-corrected chi connectivity index (χ1v) is 17.0. The van der Waals surface area contributed by atoms with Crippen LogP contribution in [0.5, 0.6) is 0 Å². The van der Waals surface area contributed by atoms with Gasteiger partial charge in [-0.05, 0) is 81.3 Å². The van der Waals surface area contributed by atoms with Crippen LogP contribution in [0.2, 0.25) is 0 Å². The van der Waals surface area contributed by atoms with E-state index in [0.29, 0.717) is 23.6 Å². The van der Waals surface area contributed by atoms with Crippen molar-refractivity contribution in [2.24, 2.45) is 22.9 Å². The van der Waals surface area contributed by atoms with E-state index in [-0.39, 0.29) is 29.4 Å². The third-order valence-electron chi connectivity index (χ3n) is 10.4. The van der Waals surface area contributed by atoms with E-state index in [1.807, 2.05) is 30.3 Å².